The zero-order valence-corrected chi connectivity index (χ0v) is 19.8. The van der Waals surface area contributed by atoms with E-state index < -0.39 is 0 Å². The van der Waals surface area contributed by atoms with Crippen LogP contribution in [0, 0.1) is 5.92 Å². The maximum atomic E-state index is 12.9. The molecule has 5 nitrogen and oxygen atoms in total. The van der Waals surface area contributed by atoms with Crippen LogP contribution in [0.25, 0.3) is 0 Å². The van der Waals surface area contributed by atoms with Gasteiger partial charge in [0.15, 0.2) is 0 Å². The molecule has 3 rings (SSSR count). The number of carbonyl (C=O) groups is 2. The molecule has 0 aromatic heterocycles. The lowest BCUT2D eigenvalue weighted by Crippen LogP contribution is -2.50. The minimum absolute atomic E-state index is 0.00798. The number of rotatable bonds is 4. The second-order valence-electron chi connectivity index (χ2n) is 9.38. The number of benzene rings is 2. The van der Waals surface area contributed by atoms with Crippen LogP contribution in [0.15, 0.2) is 42.5 Å². The number of hydrogen-bond acceptors (Lipinski definition) is 3. The van der Waals surface area contributed by atoms with Crippen LogP contribution in [0.4, 0.5) is 11.4 Å². The van der Waals surface area contributed by atoms with Gasteiger partial charge in [-0.25, -0.2) is 0 Å². The third-order valence-electron chi connectivity index (χ3n) is 5.65. The smallest absolute Gasteiger partial charge is 0.255 e. The highest BCUT2D eigenvalue weighted by atomic mass is 35.5. The molecule has 1 saturated heterocycles. The van der Waals surface area contributed by atoms with Gasteiger partial charge in [-0.2, -0.15) is 0 Å². The van der Waals surface area contributed by atoms with Crippen LogP contribution in [-0.4, -0.2) is 42.9 Å². The van der Waals surface area contributed by atoms with Gasteiger partial charge < -0.3 is 15.1 Å². The first kappa shape index (κ1) is 23.1. The van der Waals surface area contributed by atoms with Crippen molar-refractivity contribution in [2.24, 2.45) is 5.92 Å². The maximum absolute atomic E-state index is 12.9. The Morgan fingerprint density at radius 1 is 0.968 bits per heavy atom. The fourth-order valence-corrected chi connectivity index (χ4v) is 4.06. The van der Waals surface area contributed by atoms with Crippen LogP contribution < -0.4 is 10.2 Å². The molecular weight excluding hydrogens is 410 g/mol. The summed E-state index contributed by atoms with van der Waals surface area (Å²) in [5.74, 6) is -0.00461. The van der Waals surface area contributed by atoms with E-state index in [1.807, 2.05) is 61.2 Å². The summed E-state index contributed by atoms with van der Waals surface area (Å²) in [6, 6.07) is 13.2. The number of anilines is 2. The topological polar surface area (TPSA) is 52.7 Å². The van der Waals surface area contributed by atoms with Gasteiger partial charge in [0.1, 0.15) is 0 Å². The summed E-state index contributed by atoms with van der Waals surface area (Å²) in [7, 11) is 0. The van der Waals surface area contributed by atoms with Gasteiger partial charge in [0, 0.05) is 37.7 Å². The zero-order valence-electron chi connectivity index (χ0n) is 19.0. The number of nitrogens with zero attached hydrogens (tertiary/aromatic N) is 2. The summed E-state index contributed by atoms with van der Waals surface area (Å²) in [5, 5.41) is 3.62. The van der Waals surface area contributed by atoms with Crippen molar-refractivity contribution >= 4 is 34.8 Å². The van der Waals surface area contributed by atoms with E-state index in [1.54, 1.807) is 0 Å². The fourth-order valence-electron chi connectivity index (χ4n) is 3.77. The first-order valence-corrected chi connectivity index (χ1v) is 11.2. The third kappa shape index (κ3) is 5.40. The number of hydrogen-bond donors (Lipinski definition) is 1. The van der Waals surface area contributed by atoms with Gasteiger partial charge in [0.2, 0.25) is 5.91 Å². The highest BCUT2D eigenvalue weighted by Crippen LogP contribution is 2.35. The summed E-state index contributed by atoms with van der Waals surface area (Å²) in [4.78, 5) is 29.2. The first-order valence-electron chi connectivity index (χ1n) is 10.8. The summed E-state index contributed by atoms with van der Waals surface area (Å²) >= 11 is 6.54. The first-order chi connectivity index (χ1) is 14.6. The molecular formula is C25H32ClN3O2. The summed E-state index contributed by atoms with van der Waals surface area (Å²) in [6.45, 7) is 12.9. The predicted octanol–water partition coefficient (Wildman–Crippen LogP) is 5.19. The fraction of sp³-hybridized carbons (Fsp3) is 0.440. The van der Waals surface area contributed by atoms with Crippen LogP contribution in [0.1, 0.15) is 50.5 Å². The van der Waals surface area contributed by atoms with Crippen molar-refractivity contribution in [3.8, 4) is 0 Å². The van der Waals surface area contributed by atoms with Crippen molar-refractivity contribution in [2.75, 3.05) is 36.4 Å². The van der Waals surface area contributed by atoms with Gasteiger partial charge in [-0.1, -0.05) is 64.4 Å². The van der Waals surface area contributed by atoms with E-state index in [0.717, 1.165) is 5.69 Å². The Balaban J connectivity index is 1.76. The van der Waals surface area contributed by atoms with Crippen LogP contribution in [-0.2, 0) is 10.2 Å². The lowest BCUT2D eigenvalue weighted by atomic mass is 9.87. The highest BCUT2D eigenvalue weighted by Gasteiger charge is 2.26. The van der Waals surface area contributed by atoms with E-state index in [-0.39, 0.29) is 23.1 Å². The molecule has 0 spiro atoms. The molecule has 31 heavy (non-hydrogen) atoms. The molecule has 2 aromatic rings. The molecule has 6 heteroatoms. The summed E-state index contributed by atoms with van der Waals surface area (Å²) < 4.78 is 0. The summed E-state index contributed by atoms with van der Waals surface area (Å²) in [5.41, 5.74) is 3.31. The molecule has 166 valence electrons. The van der Waals surface area contributed by atoms with Crippen molar-refractivity contribution in [1.29, 1.82) is 0 Å². The molecule has 1 N–H and O–H groups in total. The van der Waals surface area contributed by atoms with E-state index in [4.69, 9.17) is 11.6 Å². The Morgan fingerprint density at radius 2 is 1.58 bits per heavy atom. The summed E-state index contributed by atoms with van der Waals surface area (Å²) in [6.07, 6.45) is 0. The van der Waals surface area contributed by atoms with Crippen molar-refractivity contribution in [3.05, 3.63) is 58.6 Å². The molecule has 1 aliphatic heterocycles. The average molecular weight is 442 g/mol. The Bertz CT molecular complexity index is 940. The average Bonchev–Trinajstić information content (AvgIpc) is 2.73. The van der Waals surface area contributed by atoms with E-state index in [1.165, 1.54) is 5.56 Å². The normalized spacial score (nSPS) is 14.7. The molecule has 2 amide bonds. The monoisotopic (exact) mass is 441 g/mol. The van der Waals surface area contributed by atoms with Crippen LogP contribution in [0.5, 0.6) is 0 Å². The van der Waals surface area contributed by atoms with E-state index in [9.17, 15) is 9.59 Å². The highest BCUT2D eigenvalue weighted by molar-refractivity contribution is 6.34. The largest absolute Gasteiger partial charge is 0.365 e. The lowest BCUT2D eigenvalue weighted by Gasteiger charge is -2.38. The standard InChI is InChI=1S/C25H32ClN3O2/c1-17(2)24(31)29-15-13-28(14-16-29)22-20(26)7-6-8-21(22)27-23(30)18-9-11-19(12-10-18)25(3,4)5/h6-12,17H,13-16H2,1-5H3,(H,27,30). The second-order valence-corrected chi connectivity index (χ2v) is 9.79. The van der Waals surface area contributed by atoms with E-state index in [0.29, 0.717) is 42.5 Å². The molecule has 0 unspecified atom stereocenters. The van der Waals surface area contributed by atoms with Crippen molar-refractivity contribution in [3.63, 3.8) is 0 Å². The van der Waals surface area contributed by atoms with Crippen molar-refractivity contribution in [2.45, 2.75) is 40.0 Å². The van der Waals surface area contributed by atoms with Gasteiger partial charge in [-0.05, 0) is 35.2 Å². The molecule has 0 bridgehead atoms. The number of nitrogens with one attached hydrogen (secondary N) is 1. The van der Waals surface area contributed by atoms with Gasteiger partial charge in [-0.15, -0.1) is 0 Å². The Labute approximate surface area is 190 Å². The number of para-hydroxylation sites is 1. The molecule has 2 aromatic carbocycles. The molecule has 1 heterocycles. The number of amides is 2. The lowest BCUT2D eigenvalue weighted by molar-refractivity contribution is -0.134. The predicted molar refractivity (Wildman–Crippen MR) is 128 cm³/mol. The quantitative estimate of drug-likeness (QED) is 0.709. The Morgan fingerprint density at radius 3 is 2.13 bits per heavy atom. The maximum Gasteiger partial charge on any atom is 0.255 e. The molecule has 0 atom stereocenters. The minimum atomic E-state index is -0.169. The number of halogens is 1. The number of piperazine rings is 1. The minimum Gasteiger partial charge on any atom is -0.365 e. The van der Waals surface area contributed by atoms with Gasteiger partial charge in [0.05, 0.1) is 16.4 Å². The zero-order chi connectivity index (χ0) is 22.8. The van der Waals surface area contributed by atoms with Gasteiger partial charge in [0.25, 0.3) is 5.91 Å². The molecule has 0 aliphatic carbocycles. The van der Waals surface area contributed by atoms with Crippen molar-refractivity contribution in [1.82, 2.24) is 4.90 Å². The Kier molecular flexibility index (Phi) is 6.95. The molecule has 1 aliphatic rings. The van der Waals surface area contributed by atoms with Gasteiger partial charge >= 0.3 is 0 Å². The van der Waals surface area contributed by atoms with Crippen LogP contribution in [0.2, 0.25) is 5.02 Å². The molecule has 0 saturated carbocycles. The van der Waals surface area contributed by atoms with E-state index in [2.05, 4.69) is 31.0 Å². The van der Waals surface area contributed by atoms with Gasteiger partial charge in [-0.3, -0.25) is 9.59 Å². The van der Waals surface area contributed by atoms with Crippen molar-refractivity contribution < 1.29 is 9.59 Å². The molecule has 1 fully saturated rings. The second kappa shape index (κ2) is 9.31. The van der Waals surface area contributed by atoms with Crippen LogP contribution in [0.3, 0.4) is 0 Å². The molecule has 0 radical (unpaired) electrons. The third-order valence-corrected chi connectivity index (χ3v) is 5.95. The Hall–Kier alpha value is -2.53. The van der Waals surface area contributed by atoms with E-state index >= 15 is 0 Å². The van der Waals surface area contributed by atoms with Crippen LogP contribution >= 0.6 is 11.6 Å². The SMILES string of the molecule is CC(C)C(=O)N1CCN(c2c(Cl)cccc2NC(=O)c2ccc(C(C)(C)C)cc2)CC1. The number of carbonyl (C=O) groups excluding carboxylic acids is 2.